The zero-order valence-electron chi connectivity index (χ0n) is 16.7. The van der Waals surface area contributed by atoms with E-state index in [4.69, 9.17) is 12.2 Å². The number of thiocarbonyl (C=S) groups is 1. The van der Waals surface area contributed by atoms with Crippen LogP contribution in [0.1, 0.15) is 18.9 Å². The Morgan fingerprint density at radius 3 is 2.77 bits per heavy atom. The second-order valence-electron chi connectivity index (χ2n) is 6.86. The number of nitrogens with one attached hydrogen (secondary N) is 2. The maximum Gasteiger partial charge on any atom is 0.180 e. The number of pyridine rings is 1. The Hall–Kier alpha value is -3.39. The summed E-state index contributed by atoms with van der Waals surface area (Å²) in [6.45, 7) is 3.59. The van der Waals surface area contributed by atoms with Gasteiger partial charge in [0.25, 0.3) is 0 Å². The van der Waals surface area contributed by atoms with E-state index in [2.05, 4.69) is 54.9 Å². The minimum Gasteiger partial charge on any atom is -0.363 e. The summed E-state index contributed by atoms with van der Waals surface area (Å²) in [6.07, 6.45) is 7.63. The summed E-state index contributed by atoms with van der Waals surface area (Å²) in [4.78, 5) is 13.7. The highest BCUT2D eigenvalue weighted by atomic mass is 32.1. The lowest BCUT2D eigenvalue weighted by Gasteiger charge is -2.08. The molecule has 0 unspecified atom stereocenters. The first kappa shape index (κ1) is 19.9. The molecule has 152 valence electrons. The van der Waals surface area contributed by atoms with E-state index in [-0.39, 0.29) is 0 Å². The number of hydrogen-bond acceptors (Lipinski definition) is 5. The minimum absolute atomic E-state index is 0.533. The summed E-state index contributed by atoms with van der Waals surface area (Å²) in [6, 6.07) is 14.2. The van der Waals surface area contributed by atoms with Crippen LogP contribution < -0.4 is 10.6 Å². The molecule has 0 aliphatic carbocycles. The van der Waals surface area contributed by atoms with Gasteiger partial charge in [0.2, 0.25) is 0 Å². The topological polar surface area (TPSA) is 80.5 Å². The summed E-state index contributed by atoms with van der Waals surface area (Å²) in [7, 11) is 0. The lowest BCUT2D eigenvalue weighted by molar-refractivity contribution is 0.579. The van der Waals surface area contributed by atoms with Gasteiger partial charge in [0.1, 0.15) is 11.3 Å². The Morgan fingerprint density at radius 1 is 1.07 bits per heavy atom. The molecule has 0 atom stereocenters. The predicted octanol–water partition coefficient (Wildman–Crippen LogP) is 3.83. The molecule has 0 aliphatic heterocycles. The maximum atomic E-state index is 5.22. The highest BCUT2D eigenvalue weighted by molar-refractivity contribution is 7.80. The predicted molar refractivity (Wildman–Crippen MR) is 123 cm³/mol. The first-order valence-corrected chi connectivity index (χ1v) is 10.4. The van der Waals surface area contributed by atoms with E-state index in [0.717, 1.165) is 42.7 Å². The molecule has 4 aromatic rings. The average molecular weight is 418 g/mol. The third kappa shape index (κ3) is 4.96. The second-order valence-corrected chi connectivity index (χ2v) is 7.27. The van der Waals surface area contributed by atoms with Crippen molar-refractivity contribution < 1.29 is 0 Å². The molecule has 0 aliphatic rings. The van der Waals surface area contributed by atoms with Crippen molar-refractivity contribution in [2.45, 2.75) is 26.3 Å². The first-order valence-electron chi connectivity index (χ1n) is 9.96. The number of fused-ring (bicyclic) bond motifs is 1. The number of nitrogens with zero attached hydrogens (tertiary/aromatic N) is 5. The van der Waals surface area contributed by atoms with Gasteiger partial charge in [0.05, 0.1) is 18.1 Å². The molecule has 2 N–H and O–H groups in total. The Morgan fingerprint density at radius 2 is 1.93 bits per heavy atom. The largest absolute Gasteiger partial charge is 0.363 e. The Bertz CT molecular complexity index is 1140. The molecule has 0 spiro atoms. The zero-order chi connectivity index (χ0) is 20.8. The van der Waals surface area contributed by atoms with Crippen LogP contribution in [0.2, 0.25) is 0 Å². The lowest BCUT2D eigenvalue weighted by Crippen LogP contribution is -2.28. The van der Waals surface area contributed by atoms with Crippen LogP contribution in [0.3, 0.4) is 0 Å². The smallest absolute Gasteiger partial charge is 0.180 e. The van der Waals surface area contributed by atoms with Crippen molar-refractivity contribution in [1.29, 1.82) is 0 Å². The summed E-state index contributed by atoms with van der Waals surface area (Å²) in [5.74, 6) is 0.636. The molecule has 8 heteroatoms. The Balaban J connectivity index is 1.45. The normalized spacial score (nSPS) is 10.8. The summed E-state index contributed by atoms with van der Waals surface area (Å²) in [5, 5.41) is 11.1. The molecule has 0 amide bonds. The summed E-state index contributed by atoms with van der Waals surface area (Å²) in [5.41, 5.74) is 4.31. The van der Waals surface area contributed by atoms with E-state index in [1.807, 2.05) is 42.2 Å². The number of rotatable bonds is 7. The van der Waals surface area contributed by atoms with E-state index < -0.39 is 0 Å². The number of benzene rings is 1. The molecule has 0 fully saturated rings. The number of aromatic nitrogens is 5. The molecular weight excluding hydrogens is 394 g/mol. The van der Waals surface area contributed by atoms with Crippen LogP contribution in [0.4, 0.5) is 5.82 Å². The number of hydrogen-bond donors (Lipinski definition) is 2. The van der Waals surface area contributed by atoms with Gasteiger partial charge in [-0.3, -0.25) is 9.67 Å². The molecule has 3 heterocycles. The molecular formula is C22H23N7S. The molecule has 0 saturated carbocycles. The SMILES string of the molecule is CCNC(=S)Nc1ccc2ncc(-c3cnn(CCCc4ccccc4)c3)nc2n1. The standard InChI is InChI=1S/C22H23N7S/c1-2-23-22(30)28-20-11-10-18-21(27-20)26-19(14-24-18)17-13-25-29(15-17)12-6-9-16-7-4-3-5-8-16/h3-5,7-8,10-11,13-15H,2,6,9,12H2,1H3,(H2,23,26,27,28,30). The maximum absolute atomic E-state index is 5.22. The Kier molecular flexibility index (Phi) is 6.24. The van der Waals surface area contributed by atoms with Crippen molar-refractivity contribution in [3.63, 3.8) is 0 Å². The first-order chi connectivity index (χ1) is 14.7. The van der Waals surface area contributed by atoms with Crippen LogP contribution in [0.5, 0.6) is 0 Å². The molecule has 30 heavy (non-hydrogen) atoms. The van der Waals surface area contributed by atoms with Gasteiger partial charge in [-0.1, -0.05) is 30.3 Å². The van der Waals surface area contributed by atoms with Crippen molar-refractivity contribution in [3.05, 3.63) is 66.6 Å². The van der Waals surface area contributed by atoms with E-state index in [9.17, 15) is 0 Å². The van der Waals surface area contributed by atoms with Crippen molar-refractivity contribution in [2.75, 3.05) is 11.9 Å². The van der Waals surface area contributed by atoms with E-state index in [0.29, 0.717) is 16.6 Å². The van der Waals surface area contributed by atoms with Gasteiger partial charge in [0, 0.05) is 24.8 Å². The monoisotopic (exact) mass is 417 g/mol. The van der Waals surface area contributed by atoms with Gasteiger partial charge in [-0.15, -0.1) is 0 Å². The average Bonchev–Trinajstić information content (AvgIpc) is 3.23. The van der Waals surface area contributed by atoms with E-state index in [1.54, 1.807) is 6.20 Å². The van der Waals surface area contributed by atoms with Crippen molar-refractivity contribution >= 4 is 34.3 Å². The second kappa shape index (κ2) is 9.41. The van der Waals surface area contributed by atoms with Crippen molar-refractivity contribution in [3.8, 4) is 11.3 Å². The van der Waals surface area contributed by atoms with Gasteiger partial charge in [-0.25, -0.2) is 9.97 Å². The molecule has 3 aromatic heterocycles. The molecule has 1 aromatic carbocycles. The molecule has 0 radical (unpaired) electrons. The van der Waals surface area contributed by atoms with Crippen LogP contribution in [-0.4, -0.2) is 36.4 Å². The molecule has 4 rings (SSSR count). The van der Waals surface area contributed by atoms with Gasteiger partial charge < -0.3 is 10.6 Å². The van der Waals surface area contributed by atoms with Crippen molar-refractivity contribution in [1.82, 2.24) is 30.0 Å². The van der Waals surface area contributed by atoms with Crippen LogP contribution >= 0.6 is 12.2 Å². The minimum atomic E-state index is 0.533. The Labute approximate surface area is 180 Å². The van der Waals surface area contributed by atoms with Gasteiger partial charge in [0.15, 0.2) is 10.8 Å². The van der Waals surface area contributed by atoms with Gasteiger partial charge in [-0.05, 0) is 49.7 Å². The van der Waals surface area contributed by atoms with E-state index in [1.165, 1.54) is 5.56 Å². The van der Waals surface area contributed by atoms with Gasteiger partial charge >= 0.3 is 0 Å². The fraction of sp³-hybridized carbons (Fsp3) is 0.227. The van der Waals surface area contributed by atoms with Crippen molar-refractivity contribution in [2.24, 2.45) is 0 Å². The fourth-order valence-corrected chi connectivity index (χ4v) is 3.38. The lowest BCUT2D eigenvalue weighted by atomic mass is 10.1. The highest BCUT2D eigenvalue weighted by Gasteiger charge is 2.08. The van der Waals surface area contributed by atoms with Crippen LogP contribution in [0, 0.1) is 0 Å². The summed E-state index contributed by atoms with van der Waals surface area (Å²) < 4.78 is 1.95. The van der Waals surface area contributed by atoms with Crippen LogP contribution in [0.25, 0.3) is 22.4 Å². The van der Waals surface area contributed by atoms with Gasteiger partial charge in [-0.2, -0.15) is 5.10 Å². The number of anilines is 1. The third-order valence-electron chi connectivity index (χ3n) is 4.61. The van der Waals surface area contributed by atoms with E-state index >= 15 is 0 Å². The fourth-order valence-electron chi connectivity index (χ4n) is 3.14. The van der Waals surface area contributed by atoms with Crippen LogP contribution in [-0.2, 0) is 13.0 Å². The number of aryl methyl sites for hydroxylation is 2. The molecule has 0 bridgehead atoms. The summed E-state index contributed by atoms with van der Waals surface area (Å²) >= 11 is 5.22. The third-order valence-corrected chi connectivity index (χ3v) is 4.86. The molecule has 7 nitrogen and oxygen atoms in total. The van der Waals surface area contributed by atoms with Crippen LogP contribution in [0.15, 0.2) is 61.1 Å². The highest BCUT2D eigenvalue weighted by Crippen LogP contribution is 2.19. The quantitative estimate of drug-likeness (QED) is 0.442. The molecule has 0 saturated heterocycles. The zero-order valence-corrected chi connectivity index (χ0v) is 17.6.